The van der Waals surface area contributed by atoms with Crippen LogP contribution in [0.1, 0.15) is 18.5 Å². The van der Waals surface area contributed by atoms with Crippen LogP contribution >= 0.6 is 0 Å². The third-order valence-electron chi connectivity index (χ3n) is 2.36. The van der Waals surface area contributed by atoms with Crippen LogP contribution in [0.15, 0.2) is 24.3 Å². The van der Waals surface area contributed by atoms with Crippen molar-refractivity contribution < 1.29 is 0 Å². The summed E-state index contributed by atoms with van der Waals surface area (Å²) >= 11 is 0.598. The van der Waals surface area contributed by atoms with Crippen molar-refractivity contribution in [2.75, 3.05) is 14.1 Å². The molecule has 72 valence electrons. The van der Waals surface area contributed by atoms with E-state index in [-0.39, 0.29) is 0 Å². The third-order valence-corrected chi connectivity index (χ3v) is 4.07. The van der Waals surface area contributed by atoms with Gasteiger partial charge >= 0.3 is 87.0 Å². The molecule has 0 unspecified atom stereocenters. The molecule has 13 heavy (non-hydrogen) atoms. The quantitative estimate of drug-likeness (QED) is 0.729. The van der Waals surface area contributed by atoms with Gasteiger partial charge in [0, 0.05) is 0 Å². The summed E-state index contributed by atoms with van der Waals surface area (Å²) in [5.74, 6) is 2.27. The molecule has 0 spiro atoms. The van der Waals surface area contributed by atoms with Gasteiger partial charge < -0.3 is 0 Å². The molecule has 0 saturated carbocycles. The van der Waals surface area contributed by atoms with Crippen molar-refractivity contribution in [2.24, 2.45) is 0 Å². The van der Waals surface area contributed by atoms with Crippen molar-refractivity contribution in [3.63, 3.8) is 0 Å². The van der Waals surface area contributed by atoms with E-state index >= 15 is 0 Å². The molecule has 0 N–H and O–H groups in total. The van der Waals surface area contributed by atoms with Crippen molar-refractivity contribution in [1.82, 2.24) is 4.90 Å². The Labute approximate surface area is 87.3 Å². The maximum atomic E-state index is 2.27. The summed E-state index contributed by atoms with van der Waals surface area (Å²) in [6, 6.07) is 9.27. The summed E-state index contributed by atoms with van der Waals surface area (Å²) in [6.07, 6.45) is 0. The van der Waals surface area contributed by atoms with Crippen LogP contribution in [-0.2, 0) is 0 Å². The van der Waals surface area contributed by atoms with E-state index in [0.29, 0.717) is 21.0 Å². The molecule has 0 radical (unpaired) electrons. The predicted octanol–water partition coefficient (Wildman–Crippen LogP) is 1.69. The van der Waals surface area contributed by atoms with E-state index in [1.165, 1.54) is 10.0 Å². The first-order valence-electron chi connectivity index (χ1n) is 4.46. The van der Waals surface area contributed by atoms with Gasteiger partial charge in [-0.1, -0.05) is 0 Å². The minimum absolute atomic E-state index is 0.526. The molecule has 0 fully saturated rings. The second-order valence-corrected chi connectivity index (χ2v) is 5.16. The molecule has 0 aliphatic rings. The summed E-state index contributed by atoms with van der Waals surface area (Å²) in [4.78, 5) is 2.25. The van der Waals surface area contributed by atoms with Crippen LogP contribution < -0.4 is 4.46 Å². The molecule has 0 saturated heterocycles. The monoisotopic (exact) mass is 243 g/mol. The van der Waals surface area contributed by atoms with E-state index < -0.39 is 0 Å². The standard InChI is InChI=1S/C11H17NSe/c1-9(12(2)3)10-7-5-6-8-11(10)13-4/h5-9H,1-4H3/t9-/m1/s1. The number of hydrogen-bond donors (Lipinski definition) is 0. The molecule has 1 aromatic rings. The Morgan fingerprint density at radius 3 is 2.38 bits per heavy atom. The van der Waals surface area contributed by atoms with Gasteiger partial charge in [-0.3, -0.25) is 0 Å². The van der Waals surface area contributed by atoms with E-state index in [0.717, 1.165) is 0 Å². The van der Waals surface area contributed by atoms with E-state index in [4.69, 9.17) is 0 Å². The topological polar surface area (TPSA) is 3.24 Å². The molecular formula is C11H17NSe. The Hall–Kier alpha value is -0.301. The Kier molecular flexibility index (Phi) is 3.98. The van der Waals surface area contributed by atoms with Gasteiger partial charge in [0.25, 0.3) is 0 Å². The van der Waals surface area contributed by atoms with Crippen LogP contribution in [0.2, 0.25) is 5.82 Å². The fourth-order valence-corrected chi connectivity index (χ4v) is 2.74. The molecule has 0 bridgehead atoms. The van der Waals surface area contributed by atoms with Gasteiger partial charge in [-0.25, -0.2) is 0 Å². The van der Waals surface area contributed by atoms with Crippen molar-refractivity contribution in [1.29, 1.82) is 0 Å². The zero-order valence-corrected chi connectivity index (χ0v) is 10.5. The Bertz CT molecular complexity index is 271. The van der Waals surface area contributed by atoms with E-state index in [1.807, 2.05) is 0 Å². The second kappa shape index (κ2) is 4.80. The minimum atomic E-state index is 0.526. The molecular weight excluding hydrogens is 225 g/mol. The van der Waals surface area contributed by atoms with E-state index in [1.54, 1.807) is 0 Å². The van der Waals surface area contributed by atoms with E-state index in [9.17, 15) is 0 Å². The Morgan fingerprint density at radius 1 is 1.23 bits per heavy atom. The zero-order valence-electron chi connectivity index (χ0n) is 8.74. The van der Waals surface area contributed by atoms with Crippen LogP contribution in [0.3, 0.4) is 0 Å². The number of nitrogens with zero attached hydrogens (tertiary/aromatic N) is 1. The molecule has 0 amide bonds. The first kappa shape index (κ1) is 10.8. The van der Waals surface area contributed by atoms with Gasteiger partial charge in [0.05, 0.1) is 0 Å². The molecule has 0 aliphatic heterocycles. The normalized spacial score (nSPS) is 13.3. The van der Waals surface area contributed by atoms with Crippen LogP contribution in [0.4, 0.5) is 0 Å². The first-order valence-corrected chi connectivity index (χ1v) is 7.03. The summed E-state index contributed by atoms with van der Waals surface area (Å²) in [7, 11) is 4.26. The third kappa shape index (κ3) is 2.57. The van der Waals surface area contributed by atoms with Gasteiger partial charge in [-0.05, 0) is 0 Å². The maximum absolute atomic E-state index is 2.27. The molecule has 1 nitrogen and oxygen atoms in total. The summed E-state index contributed by atoms with van der Waals surface area (Å²) in [5, 5.41) is 0. The zero-order chi connectivity index (χ0) is 9.84. The molecule has 0 aromatic heterocycles. The SMILES string of the molecule is C[Se]c1ccccc1[C@@H](C)N(C)C. The first-order chi connectivity index (χ1) is 6.16. The molecule has 0 aliphatic carbocycles. The number of rotatable bonds is 3. The molecule has 1 atom stereocenters. The van der Waals surface area contributed by atoms with Crippen LogP contribution in [0.5, 0.6) is 0 Å². The fourth-order valence-electron chi connectivity index (χ4n) is 1.29. The van der Waals surface area contributed by atoms with Crippen molar-refractivity contribution in [3.05, 3.63) is 29.8 Å². The molecule has 0 heterocycles. The summed E-state index contributed by atoms with van der Waals surface area (Å²) in [5.41, 5.74) is 1.48. The number of hydrogen-bond acceptors (Lipinski definition) is 1. The molecule has 1 rings (SSSR count). The van der Waals surface area contributed by atoms with Gasteiger partial charge in [0.15, 0.2) is 0 Å². The van der Waals surface area contributed by atoms with Crippen LogP contribution in [0, 0.1) is 0 Å². The van der Waals surface area contributed by atoms with Crippen molar-refractivity contribution in [3.8, 4) is 0 Å². The van der Waals surface area contributed by atoms with Gasteiger partial charge in [0.2, 0.25) is 0 Å². The van der Waals surface area contributed by atoms with E-state index in [2.05, 4.69) is 56.0 Å². The molecule has 2 heteroatoms. The average molecular weight is 242 g/mol. The molecule has 1 aromatic carbocycles. The van der Waals surface area contributed by atoms with Crippen molar-refractivity contribution >= 4 is 19.4 Å². The second-order valence-electron chi connectivity index (χ2n) is 3.38. The Balaban J connectivity index is 2.98. The predicted molar refractivity (Wildman–Crippen MR) is 59.8 cm³/mol. The van der Waals surface area contributed by atoms with Gasteiger partial charge in [0.1, 0.15) is 0 Å². The van der Waals surface area contributed by atoms with Gasteiger partial charge in [-0.15, -0.1) is 0 Å². The van der Waals surface area contributed by atoms with Crippen molar-refractivity contribution in [2.45, 2.75) is 18.8 Å². The Morgan fingerprint density at radius 2 is 1.85 bits per heavy atom. The fraction of sp³-hybridized carbons (Fsp3) is 0.455. The van der Waals surface area contributed by atoms with Gasteiger partial charge in [-0.2, -0.15) is 0 Å². The van der Waals surface area contributed by atoms with Crippen LogP contribution in [-0.4, -0.2) is 34.0 Å². The van der Waals surface area contributed by atoms with Crippen LogP contribution in [0.25, 0.3) is 0 Å². The average Bonchev–Trinajstić information content (AvgIpc) is 2.16. The summed E-state index contributed by atoms with van der Waals surface area (Å²) in [6.45, 7) is 2.25. The summed E-state index contributed by atoms with van der Waals surface area (Å²) < 4.78 is 1.52. The number of benzene rings is 1.